The van der Waals surface area contributed by atoms with Gasteiger partial charge < -0.3 is 89.2 Å². The number of carbonyl (C=O) groups is 11. The van der Waals surface area contributed by atoms with Crippen LogP contribution in [0.5, 0.6) is 40.2 Å². The number of carbonyl (C=O) groups excluding carboxylic acids is 9. The van der Waals surface area contributed by atoms with Gasteiger partial charge in [0, 0.05) is 110 Å². The minimum Gasteiger partial charge on any atom is -0.535 e. The van der Waals surface area contributed by atoms with Gasteiger partial charge in [-0.25, -0.2) is 50.3 Å². The van der Waals surface area contributed by atoms with E-state index in [1.807, 2.05) is 0 Å². The van der Waals surface area contributed by atoms with Crippen molar-refractivity contribution in [2.24, 2.45) is 17.3 Å². The lowest BCUT2D eigenvalue weighted by molar-refractivity contribution is -0.199. The third kappa shape index (κ3) is 17.7. The van der Waals surface area contributed by atoms with Crippen molar-refractivity contribution in [2.75, 3.05) is 46.4 Å². The number of carboxylic acid groups (broad SMARTS) is 2. The SMILES string of the molecule is CCN1CCN(C(=O)NC(C(=O)C[C@H]2Cc3c(F)cc(F)c(C(=O)O)c3OB2O)c2ccc(O)c(O)c2Cl)C(=O)C1=O.CCN1CCN(C(=O)NC(C(=O)C[C@H]2Cc3c(F)cc(F)c(C(=O)O)c3OB2O)c2ccc(O)c(O)c2Cl)C(=O)C1=O.COc1c(C[C@@H](Cl)B2OC3C[C@@H]4C[C@@H](C4(C)C)[C@]3(C)O2)c(F)cc(F)c1C(=O)OC(C)(C)C. The predicted octanol–water partition coefficient (Wildman–Crippen LogP) is 8.57. The predicted molar refractivity (Wildman–Crippen MR) is 400 cm³/mol. The molecule has 3 saturated carbocycles. The Kier molecular flexibility index (Phi) is 26.5. The van der Waals surface area contributed by atoms with Gasteiger partial charge in [0.15, 0.2) is 34.6 Å². The molecule has 31 nitrogen and oxygen atoms in total. The number of nitrogens with one attached hydrogen (secondary N) is 2. The number of likely N-dealkylation sites (N-methyl/N-ethyl adjacent to an activating group) is 2. The highest BCUT2D eigenvalue weighted by Crippen LogP contribution is 2.66. The first-order valence-corrected chi connectivity index (χ1v) is 37.6. The van der Waals surface area contributed by atoms with E-state index in [0.29, 0.717) is 39.8 Å². The number of esters is 1. The monoisotopic (exact) mass is 1700 g/mol. The number of imide groups is 2. The summed E-state index contributed by atoms with van der Waals surface area (Å²) >= 11 is 19.0. The maximum Gasteiger partial charge on any atom is 0.526 e. The number of piperazine rings is 2. The lowest BCUT2D eigenvalue weighted by atomic mass is 9.43. The lowest BCUT2D eigenvalue weighted by Gasteiger charge is -2.64. The van der Waals surface area contributed by atoms with Crippen LogP contribution in [-0.4, -0.2) is 216 Å². The molecule has 13 rings (SSSR count). The summed E-state index contributed by atoms with van der Waals surface area (Å²) in [6.45, 7) is 15.0. The first-order valence-electron chi connectivity index (χ1n) is 36.4. The van der Waals surface area contributed by atoms with Gasteiger partial charge in [-0.05, 0) is 103 Å². The summed E-state index contributed by atoms with van der Waals surface area (Å²) < 4.78 is 120. The van der Waals surface area contributed by atoms with E-state index in [2.05, 4.69) is 31.4 Å². The minimum absolute atomic E-state index is 0.0170. The van der Waals surface area contributed by atoms with Crippen molar-refractivity contribution >= 4 is 121 Å². The fourth-order valence-corrected chi connectivity index (χ4v) is 16.3. The van der Waals surface area contributed by atoms with Crippen molar-refractivity contribution in [3.05, 3.63) is 132 Å². The van der Waals surface area contributed by atoms with E-state index in [1.54, 1.807) is 34.6 Å². The van der Waals surface area contributed by atoms with E-state index in [0.717, 1.165) is 37.1 Å². The molecule has 5 aromatic rings. The fourth-order valence-electron chi connectivity index (χ4n) is 15.5. The highest BCUT2D eigenvalue weighted by molar-refractivity contribution is 6.60. The van der Waals surface area contributed by atoms with Crippen molar-refractivity contribution in [3.63, 3.8) is 0 Å². The molecule has 3 saturated heterocycles. The number of methoxy groups -OCH3 is 1. The van der Waals surface area contributed by atoms with Crippen molar-refractivity contribution in [3.8, 4) is 40.2 Å². The molecule has 5 heterocycles. The number of phenols is 4. The third-order valence-electron chi connectivity index (χ3n) is 21.8. The second-order valence-electron chi connectivity index (χ2n) is 30.3. The van der Waals surface area contributed by atoms with Crippen molar-refractivity contribution < 1.29 is 148 Å². The number of phenolic OH excluding ortho intramolecular Hbond substituents is 4. The Hall–Kier alpha value is -10.2. The number of carboxylic acids is 2. The molecule has 10 N–H and O–H groups in total. The maximum atomic E-state index is 14.9. The zero-order valence-electron chi connectivity index (χ0n) is 63.8. The number of hydrogen-bond acceptors (Lipinski definition) is 23. The number of hydrogen-bond donors (Lipinski definition) is 10. The van der Waals surface area contributed by atoms with Gasteiger partial charge in [-0.3, -0.25) is 38.6 Å². The minimum atomic E-state index is -1.91. The third-order valence-corrected chi connectivity index (χ3v) is 23.0. The summed E-state index contributed by atoms with van der Waals surface area (Å²) in [4.78, 5) is 142. The molecule has 3 unspecified atom stereocenters. The summed E-state index contributed by atoms with van der Waals surface area (Å²) in [5.41, 5.74) is -4.89. The molecule has 0 spiro atoms. The van der Waals surface area contributed by atoms with E-state index in [4.69, 9.17) is 62.9 Å². The molecule has 9 atom stereocenters. The van der Waals surface area contributed by atoms with Crippen LogP contribution in [0.3, 0.4) is 0 Å². The first kappa shape index (κ1) is 89.1. The normalized spacial score (nSPS) is 21.3. The van der Waals surface area contributed by atoms with Crippen LogP contribution in [0, 0.1) is 52.2 Å². The van der Waals surface area contributed by atoms with Crippen molar-refractivity contribution in [1.29, 1.82) is 0 Å². The molecule has 6 fully saturated rings. The Bertz CT molecular complexity index is 4700. The smallest absolute Gasteiger partial charge is 0.526 e. The Morgan fingerprint density at radius 1 is 0.624 bits per heavy atom. The van der Waals surface area contributed by atoms with Crippen molar-refractivity contribution in [1.82, 2.24) is 30.2 Å². The van der Waals surface area contributed by atoms with Gasteiger partial charge in [0.2, 0.25) is 0 Å². The van der Waals surface area contributed by atoms with Crippen LogP contribution in [0.2, 0.25) is 21.7 Å². The molecule has 5 aromatic carbocycles. The van der Waals surface area contributed by atoms with Gasteiger partial charge in [-0.1, -0.05) is 49.2 Å². The van der Waals surface area contributed by atoms with Gasteiger partial charge in [-0.2, -0.15) is 0 Å². The highest BCUT2D eigenvalue weighted by atomic mass is 35.5. The van der Waals surface area contributed by atoms with Crippen LogP contribution in [0.1, 0.15) is 152 Å². The van der Waals surface area contributed by atoms with E-state index < -0.39 is 260 Å². The van der Waals surface area contributed by atoms with Gasteiger partial charge in [0.05, 0.1) is 34.1 Å². The Morgan fingerprint density at radius 3 is 1.44 bits per heavy atom. The van der Waals surface area contributed by atoms with Gasteiger partial charge in [0.1, 0.15) is 86.5 Å². The number of Topliss-reactive ketones (excluding diaryl/α,β-unsaturated/α-hetero) is 2. The maximum absolute atomic E-state index is 14.9. The van der Waals surface area contributed by atoms with Crippen LogP contribution >= 0.6 is 34.8 Å². The Morgan fingerprint density at radius 2 is 1.04 bits per heavy atom. The summed E-state index contributed by atoms with van der Waals surface area (Å²) in [5.74, 6) is -23.8. The number of amides is 8. The summed E-state index contributed by atoms with van der Waals surface area (Å²) in [6.07, 6.45) is -0.431. The zero-order valence-corrected chi connectivity index (χ0v) is 66.1. The molecule has 626 valence electrons. The molecule has 8 aliphatic rings. The standard InChI is InChI=1S/2C25H23BClF2N3O10.C24H32BClF2O5/c2*1-2-31-5-6-32(23(37)22(31)36)25(40)30-19(11-3-4-15(33)20(35)18(11)27)16(34)8-10-7-12-13(28)9-14(29)17(24(38)39)21(12)42-26(10)41;1-22(2,3)31-21(29)19-15(28)11-14(27)13(20(19)30-7)10-18(26)25-32-17-9-12-8-16(23(12,4)5)24(17,6)33-25/h2*3-4,9-10,19,33,35,41H,2,5-8H2,1H3,(H,30,40)(H,38,39);11-12,16-18H,8-10H2,1-7H3/t2*10-,19?;12-,16-,17?,18+,24-/m110/s1. The zero-order chi connectivity index (χ0) is 86.6. The summed E-state index contributed by atoms with van der Waals surface area (Å²) in [5, 5.41) is 82.3. The number of ether oxygens (including phenoxy) is 2. The van der Waals surface area contributed by atoms with Gasteiger partial charge in [0.25, 0.3) is 0 Å². The first-order chi connectivity index (χ1) is 54.7. The summed E-state index contributed by atoms with van der Waals surface area (Å²) in [6, 6.07) is -0.298. The average molecular weight is 1700 g/mol. The van der Waals surface area contributed by atoms with E-state index in [1.165, 1.54) is 16.9 Å². The summed E-state index contributed by atoms with van der Waals surface area (Å²) in [7, 11) is -3.33. The molecule has 117 heavy (non-hydrogen) atoms. The molecular weight excluding hydrogens is 1630 g/mol. The van der Waals surface area contributed by atoms with Crippen LogP contribution < -0.4 is 24.7 Å². The number of benzene rings is 5. The Balaban J connectivity index is 0.000000187. The molecular formula is C74H78B3Cl3F6N6O25. The topological polar surface area (TPSA) is 442 Å². The number of rotatable bonds is 19. The van der Waals surface area contributed by atoms with E-state index >= 15 is 0 Å². The van der Waals surface area contributed by atoms with Crippen LogP contribution in [0.15, 0.2) is 42.5 Å². The Labute approximate surface area is 678 Å². The number of halogens is 9. The number of ketones is 2. The second-order valence-corrected chi connectivity index (χ2v) is 31.7. The number of nitrogens with zero attached hydrogens (tertiary/aromatic N) is 4. The van der Waals surface area contributed by atoms with Crippen molar-refractivity contribution in [2.45, 2.75) is 147 Å². The number of alkyl halides is 1. The lowest BCUT2D eigenvalue weighted by Crippen LogP contribution is -2.65. The second kappa shape index (κ2) is 34.7. The number of urea groups is 2. The molecule has 8 amide bonds. The van der Waals surface area contributed by atoms with Crippen LogP contribution in [-0.2, 0) is 62.1 Å². The molecule has 3 aliphatic carbocycles. The quantitative estimate of drug-likeness (QED) is 0.00923. The largest absolute Gasteiger partial charge is 0.535 e. The van der Waals surface area contributed by atoms with E-state index in [-0.39, 0.29) is 79.6 Å². The number of aromatic carboxylic acids is 2. The van der Waals surface area contributed by atoms with E-state index in [9.17, 15) is 120 Å². The number of aromatic hydroxyl groups is 4. The molecule has 0 aromatic heterocycles. The fraction of sp³-hybridized carbons (Fsp3) is 0.446. The molecule has 0 radical (unpaired) electrons. The molecule has 5 aliphatic heterocycles. The number of fused-ring (bicyclic) bond motifs is 2. The van der Waals surface area contributed by atoms with Crippen LogP contribution in [0.4, 0.5) is 35.9 Å². The van der Waals surface area contributed by atoms with Gasteiger partial charge in [-0.15, -0.1) is 11.6 Å². The average Bonchev–Trinajstić information content (AvgIpc) is 1.61. The van der Waals surface area contributed by atoms with Crippen LogP contribution in [0.25, 0.3) is 0 Å². The molecule has 43 heteroatoms. The highest BCUT2D eigenvalue weighted by Gasteiger charge is 2.68. The van der Waals surface area contributed by atoms with Gasteiger partial charge >= 0.3 is 75.0 Å². The molecule has 2 bridgehead atoms.